The molecular weight excluding hydrogens is 459 g/mol. The second kappa shape index (κ2) is 12.2. The van der Waals surface area contributed by atoms with Gasteiger partial charge in [-0.3, -0.25) is 9.97 Å². The van der Waals surface area contributed by atoms with Gasteiger partial charge in [0.1, 0.15) is 34.6 Å². The number of pyridine rings is 2. The Labute approximate surface area is 204 Å². The molecule has 7 nitrogen and oxygen atoms in total. The second-order valence-corrected chi connectivity index (χ2v) is 6.51. The highest BCUT2D eigenvalue weighted by Crippen LogP contribution is 2.26. The molecule has 0 radical (unpaired) electrons. The lowest BCUT2D eigenvalue weighted by Gasteiger charge is -2.07. The molecule has 0 aliphatic heterocycles. The van der Waals surface area contributed by atoms with Crippen molar-refractivity contribution in [3.05, 3.63) is 109 Å². The second-order valence-electron chi connectivity index (χ2n) is 6.51. The number of amidine groups is 2. The Kier molecular flexibility index (Phi) is 9.35. The van der Waals surface area contributed by atoms with E-state index >= 15 is 0 Å². The van der Waals surface area contributed by atoms with Gasteiger partial charge in [-0.25, -0.2) is 9.98 Å². The number of ether oxygens (including phenoxy) is 1. The fraction of sp³-hybridized carbons (Fsp3) is 0. The Bertz CT molecular complexity index is 1100. The smallest absolute Gasteiger partial charge is 0.150 e. The molecule has 4 aromatic rings. The largest absolute Gasteiger partial charge is 0.457 e. The molecule has 0 aliphatic rings. The first kappa shape index (κ1) is 25.3. The van der Waals surface area contributed by atoms with Crippen LogP contribution in [0.1, 0.15) is 11.4 Å². The molecule has 0 bridgehead atoms. The molecule has 4 rings (SSSR count). The SMILES string of the molecule is Cl.Cl.NC(=Nc1ccc(Oc2ccc(N=C(N)c3ccccn3)cc2)cc1)c1ccccn1. The first-order valence-electron chi connectivity index (χ1n) is 9.56. The lowest BCUT2D eigenvalue weighted by Crippen LogP contribution is -2.14. The van der Waals surface area contributed by atoms with Crippen molar-refractivity contribution in [2.45, 2.75) is 0 Å². The first-order valence-corrected chi connectivity index (χ1v) is 9.56. The summed E-state index contributed by atoms with van der Waals surface area (Å²) in [7, 11) is 0. The van der Waals surface area contributed by atoms with E-state index in [2.05, 4.69) is 20.0 Å². The molecule has 0 saturated heterocycles. The summed E-state index contributed by atoms with van der Waals surface area (Å²) >= 11 is 0. The third-order valence-corrected chi connectivity index (χ3v) is 4.26. The lowest BCUT2D eigenvalue weighted by molar-refractivity contribution is 0.483. The number of aliphatic imine (C=N–C) groups is 2. The van der Waals surface area contributed by atoms with Crippen LogP contribution in [0.3, 0.4) is 0 Å². The van der Waals surface area contributed by atoms with Crippen LogP contribution >= 0.6 is 24.8 Å². The van der Waals surface area contributed by atoms with E-state index in [9.17, 15) is 0 Å². The van der Waals surface area contributed by atoms with Gasteiger partial charge in [-0.2, -0.15) is 0 Å². The van der Waals surface area contributed by atoms with Crippen molar-refractivity contribution >= 4 is 47.9 Å². The van der Waals surface area contributed by atoms with Crippen LogP contribution in [-0.2, 0) is 0 Å². The zero-order valence-corrected chi connectivity index (χ0v) is 19.0. The summed E-state index contributed by atoms with van der Waals surface area (Å²) in [6, 6.07) is 25.7. The third kappa shape index (κ3) is 7.03. The third-order valence-electron chi connectivity index (χ3n) is 4.26. The molecule has 0 amide bonds. The molecule has 2 aromatic carbocycles. The van der Waals surface area contributed by atoms with Crippen LogP contribution in [0.4, 0.5) is 11.4 Å². The lowest BCUT2D eigenvalue weighted by atomic mass is 10.2. The van der Waals surface area contributed by atoms with Crippen molar-refractivity contribution in [1.82, 2.24) is 9.97 Å². The van der Waals surface area contributed by atoms with E-state index in [4.69, 9.17) is 16.2 Å². The Balaban J connectivity index is 0.00000193. The molecule has 2 heterocycles. The minimum Gasteiger partial charge on any atom is -0.457 e. The highest BCUT2D eigenvalue weighted by Gasteiger charge is 2.03. The van der Waals surface area contributed by atoms with Gasteiger partial charge < -0.3 is 16.2 Å². The van der Waals surface area contributed by atoms with Gasteiger partial charge in [0.15, 0.2) is 0 Å². The summed E-state index contributed by atoms with van der Waals surface area (Å²) in [6.45, 7) is 0. The molecule has 33 heavy (non-hydrogen) atoms. The minimum atomic E-state index is 0. The molecule has 0 fully saturated rings. The maximum atomic E-state index is 6.01. The van der Waals surface area contributed by atoms with Crippen molar-refractivity contribution in [2.75, 3.05) is 0 Å². The summed E-state index contributed by atoms with van der Waals surface area (Å²) in [6.07, 6.45) is 3.36. The number of hydrogen-bond donors (Lipinski definition) is 2. The Morgan fingerprint density at radius 2 is 0.970 bits per heavy atom. The molecule has 2 aromatic heterocycles. The fourth-order valence-corrected chi connectivity index (χ4v) is 2.73. The van der Waals surface area contributed by atoms with Gasteiger partial charge in [0, 0.05) is 12.4 Å². The van der Waals surface area contributed by atoms with Crippen molar-refractivity contribution < 1.29 is 4.74 Å². The van der Waals surface area contributed by atoms with Gasteiger partial charge in [0.25, 0.3) is 0 Å². The average molecular weight is 481 g/mol. The average Bonchev–Trinajstić information content (AvgIpc) is 2.82. The van der Waals surface area contributed by atoms with Crippen LogP contribution in [0.2, 0.25) is 0 Å². The Hall–Kier alpha value is -3.94. The van der Waals surface area contributed by atoms with E-state index in [-0.39, 0.29) is 24.8 Å². The van der Waals surface area contributed by atoms with E-state index < -0.39 is 0 Å². The maximum absolute atomic E-state index is 6.01. The minimum absolute atomic E-state index is 0. The van der Waals surface area contributed by atoms with E-state index in [1.807, 2.05) is 84.9 Å². The fourth-order valence-electron chi connectivity index (χ4n) is 2.73. The summed E-state index contributed by atoms with van der Waals surface area (Å²) in [5.41, 5.74) is 14.7. The van der Waals surface area contributed by atoms with Crippen LogP contribution in [0.5, 0.6) is 11.5 Å². The summed E-state index contributed by atoms with van der Waals surface area (Å²) in [4.78, 5) is 17.2. The molecule has 0 atom stereocenters. The van der Waals surface area contributed by atoms with E-state index in [0.717, 1.165) is 0 Å². The standard InChI is InChI=1S/C24H20N6O.2ClH/c25-23(21-5-1-3-15-27-21)29-17-7-11-19(12-8-17)31-20-13-9-18(10-14-20)30-24(26)22-6-2-4-16-28-22;;/h1-16H,(H2,25,29)(H2,26,30);2*1H. The molecule has 0 spiro atoms. The summed E-state index contributed by atoms with van der Waals surface area (Å²) < 4.78 is 5.88. The number of nitrogens with two attached hydrogens (primary N) is 2. The highest BCUT2D eigenvalue weighted by molar-refractivity contribution is 5.97. The van der Waals surface area contributed by atoms with Crippen LogP contribution in [0.15, 0.2) is 107 Å². The number of nitrogens with zero attached hydrogens (tertiary/aromatic N) is 4. The molecule has 0 unspecified atom stereocenters. The van der Waals surface area contributed by atoms with E-state index in [0.29, 0.717) is 45.9 Å². The predicted octanol–water partition coefficient (Wildman–Crippen LogP) is 5.19. The molecule has 168 valence electrons. The first-order chi connectivity index (χ1) is 15.2. The molecule has 0 saturated carbocycles. The number of hydrogen-bond acceptors (Lipinski definition) is 5. The van der Waals surface area contributed by atoms with Crippen LogP contribution in [0.25, 0.3) is 0 Å². The van der Waals surface area contributed by atoms with Crippen LogP contribution < -0.4 is 16.2 Å². The van der Waals surface area contributed by atoms with Crippen molar-refractivity contribution in [2.24, 2.45) is 21.5 Å². The van der Waals surface area contributed by atoms with Gasteiger partial charge in [-0.05, 0) is 72.8 Å². The number of benzene rings is 2. The predicted molar refractivity (Wildman–Crippen MR) is 137 cm³/mol. The highest BCUT2D eigenvalue weighted by atomic mass is 35.5. The van der Waals surface area contributed by atoms with Crippen molar-refractivity contribution in [3.63, 3.8) is 0 Å². The van der Waals surface area contributed by atoms with E-state index in [1.54, 1.807) is 12.4 Å². The number of rotatable bonds is 6. The normalized spacial score (nSPS) is 11.2. The summed E-state index contributed by atoms with van der Waals surface area (Å²) in [5.74, 6) is 2.07. The van der Waals surface area contributed by atoms with Gasteiger partial charge in [0.05, 0.1) is 11.4 Å². The van der Waals surface area contributed by atoms with Gasteiger partial charge >= 0.3 is 0 Å². The molecule has 9 heteroatoms. The maximum Gasteiger partial charge on any atom is 0.150 e. The van der Waals surface area contributed by atoms with Gasteiger partial charge in [-0.15, -0.1) is 24.8 Å². The van der Waals surface area contributed by atoms with Crippen LogP contribution in [-0.4, -0.2) is 21.6 Å². The molecular formula is C24H22Cl2N6O. The van der Waals surface area contributed by atoms with Gasteiger partial charge in [-0.1, -0.05) is 12.1 Å². The quantitative estimate of drug-likeness (QED) is 0.291. The van der Waals surface area contributed by atoms with Crippen molar-refractivity contribution in [3.8, 4) is 11.5 Å². The monoisotopic (exact) mass is 480 g/mol. The Morgan fingerprint density at radius 1 is 0.576 bits per heavy atom. The zero-order chi connectivity index (χ0) is 21.5. The van der Waals surface area contributed by atoms with Gasteiger partial charge in [0.2, 0.25) is 0 Å². The number of halogens is 2. The zero-order valence-electron chi connectivity index (χ0n) is 17.4. The Morgan fingerprint density at radius 3 is 1.30 bits per heavy atom. The topological polar surface area (TPSA) is 112 Å². The van der Waals surface area contributed by atoms with Crippen LogP contribution in [0, 0.1) is 0 Å². The molecule has 0 aliphatic carbocycles. The summed E-state index contributed by atoms with van der Waals surface area (Å²) in [5, 5.41) is 0. The van der Waals surface area contributed by atoms with Crippen molar-refractivity contribution in [1.29, 1.82) is 0 Å². The van der Waals surface area contributed by atoms with E-state index in [1.165, 1.54) is 0 Å². The number of aromatic nitrogens is 2. The molecule has 4 N–H and O–H groups in total.